The van der Waals surface area contributed by atoms with Crippen LogP contribution in [0.1, 0.15) is 40.5 Å². The second kappa shape index (κ2) is 6.64. The molecule has 4 heteroatoms. The maximum absolute atomic E-state index is 12.2. The third-order valence-electron chi connectivity index (χ3n) is 3.32. The Bertz CT molecular complexity index is 258. The monoisotopic (exact) mass is 258 g/mol. The van der Waals surface area contributed by atoms with Crippen LogP contribution < -0.4 is 5.32 Å². The fraction of sp³-hybridized carbons (Fsp3) is 0.923. The summed E-state index contributed by atoms with van der Waals surface area (Å²) in [6.07, 6.45) is 4.42. The summed E-state index contributed by atoms with van der Waals surface area (Å²) in [5.74, 6) is 1.92. The van der Waals surface area contributed by atoms with Crippen molar-refractivity contribution in [1.29, 1.82) is 0 Å². The van der Waals surface area contributed by atoms with Gasteiger partial charge in [-0.3, -0.25) is 10.1 Å². The Morgan fingerprint density at radius 1 is 1.47 bits per heavy atom. The molecule has 0 spiro atoms. The Labute approximate surface area is 110 Å². The van der Waals surface area contributed by atoms with Crippen molar-refractivity contribution in [2.75, 3.05) is 12.0 Å². The molecule has 0 saturated carbocycles. The number of carbonyl (C=O) groups excluding carboxylic acids is 1. The van der Waals surface area contributed by atoms with Crippen LogP contribution in [0, 0.1) is 5.92 Å². The molecule has 1 N–H and O–H groups in total. The van der Waals surface area contributed by atoms with Gasteiger partial charge in [0.1, 0.15) is 0 Å². The smallest absolute Gasteiger partial charge is 0.241 e. The van der Waals surface area contributed by atoms with Crippen LogP contribution in [0.5, 0.6) is 0 Å². The molecule has 1 rings (SSSR count). The first-order valence-corrected chi connectivity index (χ1v) is 7.97. The molecule has 100 valence electrons. The lowest BCUT2D eigenvalue weighted by Crippen LogP contribution is -2.46. The zero-order valence-corrected chi connectivity index (χ0v) is 12.5. The molecule has 1 amide bonds. The molecule has 3 atom stereocenters. The van der Waals surface area contributed by atoms with Crippen molar-refractivity contribution >= 4 is 17.7 Å². The predicted molar refractivity (Wildman–Crippen MR) is 75.1 cm³/mol. The molecule has 1 fully saturated rings. The predicted octanol–water partition coefficient (Wildman–Crippen LogP) is 2.32. The highest BCUT2D eigenvalue weighted by Gasteiger charge is 2.39. The summed E-state index contributed by atoms with van der Waals surface area (Å²) in [6, 6.07) is 0.355. The molecule has 0 aromatic heterocycles. The van der Waals surface area contributed by atoms with Crippen LogP contribution in [-0.2, 0) is 4.79 Å². The lowest BCUT2D eigenvalue weighted by atomic mass is 10.1. The summed E-state index contributed by atoms with van der Waals surface area (Å²) < 4.78 is 0. The van der Waals surface area contributed by atoms with Gasteiger partial charge < -0.3 is 4.90 Å². The first-order chi connectivity index (χ1) is 8.01. The number of nitrogens with one attached hydrogen (secondary N) is 1. The quantitative estimate of drug-likeness (QED) is 0.793. The van der Waals surface area contributed by atoms with Crippen LogP contribution >= 0.6 is 11.8 Å². The first kappa shape index (κ1) is 14.8. The van der Waals surface area contributed by atoms with Gasteiger partial charge in [0, 0.05) is 11.8 Å². The van der Waals surface area contributed by atoms with Gasteiger partial charge in [-0.25, -0.2) is 0 Å². The number of amides is 1. The van der Waals surface area contributed by atoms with Crippen LogP contribution in [-0.4, -0.2) is 41.1 Å². The highest BCUT2D eigenvalue weighted by Crippen LogP contribution is 2.23. The Morgan fingerprint density at radius 2 is 2.12 bits per heavy atom. The summed E-state index contributed by atoms with van der Waals surface area (Å²) in [4.78, 5) is 14.3. The van der Waals surface area contributed by atoms with Gasteiger partial charge in [-0.05, 0) is 31.9 Å². The van der Waals surface area contributed by atoms with Crippen molar-refractivity contribution in [2.24, 2.45) is 5.92 Å². The summed E-state index contributed by atoms with van der Waals surface area (Å²) in [6.45, 7) is 8.57. The number of carbonyl (C=O) groups is 1. The van der Waals surface area contributed by atoms with Gasteiger partial charge in [-0.1, -0.05) is 20.8 Å². The van der Waals surface area contributed by atoms with Gasteiger partial charge in [0.05, 0.1) is 12.2 Å². The molecule has 17 heavy (non-hydrogen) atoms. The largest absolute Gasteiger partial charge is 0.322 e. The number of hydrogen-bond donors (Lipinski definition) is 1. The SMILES string of the molecule is CCC(CSC)N1C(=O)C(C)NC1CC(C)C. The number of nitrogens with zero attached hydrogens (tertiary/aromatic N) is 1. The van der Waals surface area contributed by atoms with E-state index in [1.807, 2.05) is 18.7 Å². The minimum atomic E-state index is -0.0188. The lowest BCUT2D eigenvalue weighted by Gasteiger charge is -2.32. The van der Waals surface area contributed by atoms with Gasteiger partial charge in [0.15, 0.2) is 0 Å². The maximum Gasteiger partial charge on any atom is 0.241 e. The molecule has 0 bridgehead atoms. The van der Waals surface area contributed by atoms with E-state index in [9.17, 15) is 4.79 Å². The average Bonchev–Trinajstić information content (AvgIpc) is 2.51. The molecule has 1 heterocycles. The van der Waals surface area contributed by atoms with E-state index in [4.69, 9.17) is 0 Å². The highest BCUT2D eigenvalue weighted by atomic mass is 32.2. The zero-order chi connectivity index (χ0) is 13.0. The van der Waals surface area contributed by atoms with Crippen LogP contribution in [0.3, 0.4) is 0 Å². The molecule has 1 aliphatic rings. The van der Waals surface area contributed by atoms with Crippen LogP contribution in [0.4, 0.5) is 0 Å². The van der Waals surface area contributed by atoms with Crippen molar-refractivity contribution in [3.8, 4) is 0 Å². The molecular weight excluding hydrogens is 232 g/mol. The van der Waals surface area contributed by atoms with Crippen molar-refractivity contribution in [3.05, 3.63) is 0 Å². The fourth-order valence-electron chi connectivity index (χ4n) is 2.47. The molecular formula is C13H26N2OS. The van der Waals surface area contributed by atoms with Gasteiger partial charge >= 0.3 is 0 Å². The number of thioether (sulfide) groups is 1. The zero-order valence-electron chi connectivity index (χ0n) is 11.7. The Morgan fingerprint density at radius 3 is 2.59 bits per heavy atom. The molecule has 1 saturated heterocycles. The van der Waals surface area contributed by atoms with E-state index in [-0.39, 0.29) is 18.1 Å². The average molecular weight is 258 g/mol. The third kappa shape index (κ3) is 3.62. The summed E-state index contributed by atoms with van der Waals surface area (Å²) >= 11 is 1.82. The Balaban J connectivity index is 2.78. The van der Waals surface area contributed by atoms with Crippen molar-refractivity contribution < 1.29 is 4.79 Å². The Kier molecular flexibility index (Phi) is 5.80. The van der Waals surface area contributed by atoms with E-state index >= 15 is 0 Å². The van der Waals surface area contributed by atoms with Gasteiger partial charge in [-0.2, -0.15) is 11.8 Å². The lowest BCUT2D eigenvalue weighted by molar-refractivity contribution is -0.131. The second-order valence-electron chi connectivity index (χ2n) is 5.30. The van der Waals surface area contributed by atoms with Gasteiger partial charge in [0.2, 0.25) is 5.91 Å². The van der Waals surface area contributed by atoms with Crippen molar-refractivity contribution in [3.63, 3.8) is 0 Å². The summed E-state index contributed by atoms with van der Waals surface area (Å²) in [5, 5.41) is 3.43. The molecule has 1 aliphatic heterocycles. The van der Waals surface area contributed by atoms with Crippen LogP contribution in [0.15, 0.2) is 0 Å². The third-order valence-corrected chi connectivity index (χ3v) is 4.04. The van der Waals surface area contributed by atoms with Crippen LogP contribution in [0.2, 0.25) is 0 Å². The molecule has 0 aromatic rings. The van der Waals surface area contributed by atoms with Gasteiger partial charge in [-0.15, -0.1) is 0 Å². The normalized spacial score (nSPS) is 26.9. The first-order valence-electron chi connectivity index (χ1n) is 6.58. The number of rotatable bonds is 6. The minimum Gasteiger partial charge on any atom is -0.322 e. The topological polar surface area (TPSA) is 32.3 Å². The second-order valence-corrected chi connectivity index (χ2v) is 6.21. The van der Waals surface area contributed by atoms with E-state index in [2.05, 4.69) is 37.2 Å². The minimum absolute atomic E-state index is 0.0188. The van der Waals surface area contributed by atoms with Crippen molar-refractivity contribution in [1.82, 2.24) is 10.2 Å². The number of hydrogen-bond acceptors (Lipinski definition) is 3. The standard InChI is InChI=1S/C13H26N2OS/c1-6-11(8-17-5)15-12(7-9(2)3)14-10(4)13(15)16/h9-12,14H,6-8H2,1-5H3. The van der Waals surface area contributed by atoms with E-state index in [0.717, 1.165) is 18.6 Å². The van der Waals surface area contributed by atoms with Crippen molar-refractivity contribution in [2.45, 2.75) is 58.8 Å². The molecule has 3 unspecified atom stereocenters. The highest BCUT2D eigenvalue weighted by molar-refractivity contribution is 7.98. The van der Waals surface area contributed by atoms with Gasteiger partial charge in [0.25, 0.3) is 0 Å². The maximum atomic E-state index is 12.2. The van der Waals surface area contributed by atoms with Crippen LogP contribution in [0.25, 0.3) is 0 Å². The molecule has 0 aliphatic carbocycles. The Hall–Kier alpha value is -0.220. The molecule has 3 nitrogen and oxygen atoms in total. The molecule has 0 radical (unpaired) electrons. The summed E-state index contributed by atoms with van der Waals surface area (Å²) in [5.41, 5.74) is 0. The summed E-state index contributed by atoms with van der Waals surface area (Å²) in [7, 11) is 0. The van der Waals surface area contributed by atoms with E-state index in [1.54, 1.807) is 0 Å². The molecule has 0 aromatic carbocycles. The fourth-order valence-corrected chi connectivity index (χ4v) is 3.25. The van der Waals surface area contributed by atoms with E-state index < -0.39 is 0 Å². The van der Waals surface area contributed by atoms with E-state index in [0.29, 0.717) is 12.0 Å². The van der Waals surface area contributed by atoms with E-state index in [1.165, 1.54) is 0 Å².